The number of aromatic nitrogens is 2. The van der Waals surface area contributed by atoms with Crippen LogP contribution in [0.25, 0.3) is 16.6 Å². The van der Waals surface area contributed by atoms with Gasteiger partial charge in [0, 0.05) is 25.3 Å². The van der Waals surface area contributed by atoms with Gasteiger partial charge in [-0.2, -0.15) is 0 Å². The molecular formula is C21H19N5OS. The molecule has 0 fully saturated rings. The minimum absolute atomic E-state index is 0.190. The standard InChI is InChI=1S/C21H19N5OS/c1-14-22-18(13-15-9-11-17(12-10-15)25(2)3)20(27)26(14)21-24-23-19(28-21)16-7-5-4-6-8-16/h4-13H,1-3H3/b18-13+. The summed E-state index contributed by atoms with van der Waals surface area (Å²) in [5, 5.41) is 9.73. The Morgan fingerprint density at radius 3 is 2.39 bits per heavy atom. The highest BCUT2D eigenvalue weighted by molar-refractivity contribution is 7.18. The largest absolute Gasteiger partial charge is 0.378 e. The molecule has 1 aromatic heterocycles. The van der Waals surface area contributed by atoms with Crippen LogP contribution in [0.1, 0.15) is 12.5 Å². The van der Waals surface area contributed by atoms with Crippen LogP contribution in [-0.2, 0) is 4.79 Å². The van der Waals surface area contributed by atoms with Gasteiger partial charge in [0.2, 0.25) is 5.13 Å². The first-order valence-corrected chi connectivity index (χ1v) is 9.62. The van der Waals surface area contributed by atoms with E-state index in [4.69, 9.17) is 0 Å². The Kier molecular flexibility index (Phi) is 4.75. The molecule has 0 aliphatic carbocycles. The zero-order valence-corrected chi connectivity index (χ0v) is 16.6. The van der Waals surface area contributed by atoms with Gasteiger partial charge >= 0.3 is 0 Å². The maximum Gasteiger partial charge on any atom is 0.284 e. The number of carbonyl (C=O) groups excluding carboxylic acids is 1. The smallest absolute Gasteiger partial charge is 0.284 e. The summed E-state index contributed by atoms with van der Waals surface area (Å²) in [4.78, 5) is 20.9. The third kappa shape index (κ3) is 3.44. The Labute approximate surface area is 167 Å². The van der Waals surface area contributed by atoms with Crippen molar-refractivity contribution in [2.24, 2.45) is 4.99 Å². The lowest BCUT2D eigenvalue weighted by atomic mass is 10.1. The van der Waals surface area contributed by atoms with Crippen LogP contribution in [0.2, 0.25) is 0 Å². The second-order valence-corrected chi connectivity index (χ2v) is 7.53. The van der Waals surface area contributed by atoms with E-state index in [1.807, 2.05) is 73.6 Å². The van der Waals surface area contributed by atoms with E-state index in [0.29, 0.717) is 16.7 Å². The molecule has 28 heavy (non-hydrogen) atoms. The van der Waals surface area contributed by atoms with Gasteiger partial charge in [-0.05, 0) is 30.7 Å². The number of amides is 1. The molecule has 1 aliphatic rings. The molecule has 0 N–H and O–H groups in total. The SMILES string of the molecule is CC1=N/C(=C/c2ccc(N(C)C)cc2)C(=O)N1c1nnc(-c2ccccc2)s1. The van der Waals surface area contributed by atoms with Gasteiger partial charge in [0.05, 0.1) is 0 Å². The van der Waals surface area contributed by atoms with Crippen molar-refractivity contribution in [3.63, 3.8) is 0 Å². The van der Waals surface area contributed by atoms with Crippen LogP contribution in [0.3, 0.4) is 0 Å². The maximum absolute atomic E-state index is 12.9. The third-order valence-electron chi connectivity index (χ3n) is 4.37. The second-order valence-electron chi connectivity index (χ2n) is 6.57. The summed E-state index contributed by atoms with van der Waals surface area (Å²) in [7, 11) is 3.98. The fourth-order valence-electron chi connectivity index (χ4n) is 2.88. The van der Waals surface area contributed by atoms with Crippen molar-refractivity contribution in [2.45, 2.75) is 6.92 Å². The van der Waals surface area contributed by atoms with Gasteiger partial charge in [-0.3, -0.25) is 4.79 Å². The van der Waals surface area contributed by atoms with Gasteiger partial charge in [-0.25, -0.2) is 9.89 Å². The Balaban J connectivity index is 1.59. The number of hydrogen-bond donors (Lipinski definition) is 0. The highest BCUT2D eigenvalue weighted by atomic mass is 32.1. The van der Waals surface area contributed by atoms with E-state index < -0.39 is 0 Å². The fourth-order valence-corrected chi connectivity index (χ4v) is 3.78. The molecular weight excluding hydrogens is 370 g/mol. The summed E-state index contributed by atoms with van der Waals surface area (Å²) in [6.07, 6.45) is 1.80. The normalized spacial score (nSPS) is 15.2. The third-order valence-corrected chi connectivity index (χ3v) is 5.32. The van der Waals surface area contributed by atoms with Crippen LogP contribution < -0.4 is 9.80 Å². The van der Waals surface area contributed by atoms with E-state index >= 15 is 0 Å². The lowest BCUT2D eigenvalue weighted by Crippen LogP contribution is -2.30. The number of aliphatic imine (C=N–C) groups is 1. The molecule has 0 unspecified atom stereocenters. The van der Waals surface area contributed by atoms with Crippen molar-refractivity contribution >= 4 is 40.0 Å². The molecule has 1 aliphatic heterocycles. The first-order valence-electron chi connectivity index (χ1n) is 8.81. The van der Waals surface area contributed by atoms with E-state index in [2.05, 4.69) is 15.2 Å². The van der Waals surface area contributed by atoms with Crippen LogP contribution in [0.15, 0.2) is 65.3 Å². The first kappa shape index (κ1) is 18.1. The summed E-state index contributed by atoms with van der Waals surface area (Å²) in [5.74, 6) is 0.405. The van der Waals surface area contributed by atoms with E-state index in [0.717, 1.165) is 21.8 Å². The van der Waals surface area contributed by atoms with E-state index in [9.17, 15) is 4.79 Å². The van der Waals surface area contributed by atoms with Gasteiger partial charge in [0.1, 0.15) is 16.5 Å². The molecule has 1 amide bonds. The van der Waals surface area contributed by atoms with Crippen molar-refractivity contribution in [1.29, 1.82) is 0 Å². The van der Waals surface area contributed by atoms with Crippen molar-refractivity contribution in [3.8, 4) is 10.6 Å². The van der Waals surface area contributed by atoms with E-state index in [1.165, 1.54) is 16.2 Å². The van der Waals surface area contributed by atoms with Gasteiger partial charge in [-0.1, -0.05) is 53.8 Å². The summed E-state index contributed by atoms with van der Waals surface area (Å²) in [5.41, 5.74) is 3.40. The van der Waals surface area contributed by atoms with E-state index in [-0.39, 0.29) is 5.91 Å². The quantitative estimate of drug-likeness (QED) is 0.631. The fraction of sp³-hybridized carbons (Fsp3) is 0.143. The Bertz CT molecular complexity index is 1070. The predicted octanol–water partition coefficient (Wildman–Crippen LogP) is 4.08. The van der Waals surface area contributed by atoms with Crippen LogP contribution >= 0.6 is 11.3 Å². The number of hydrogen-bond acceptors (Lipinski definition) is 6. The molecule has 2 aromatic carbocycles. The zero-order chi connectivity index (χ0) is 19.7. The predicted molar refractivity (Wildman–Crippen MR) is 115 cm³/mol. The lowest BCUT2D eigenvalue weighted by Gasteiger charge is -2.12. The molecule has 0 saturated heterocycles. The number of nitrogens with zero attached hydrogens (tertiary/aromatic N) is 5. The van der Waals surface area contributed by atoms with Crippen molar-refractivity contribution in [3.05, 3.63) is 65.9 Å². The van der Waals surface area contributed by atoms with Gasteiger partial charge in [-0.15, -0.1) is 10.2 Å². The summed E-state index contributed by atoms with van der Waals surface area (Å²) < 4.78 is 0. The molecule has 2 heterocycles. The molecule has 4 rings (SSSR count). The molecule has 0 atom stereocenters. The number of anilines is 2. The number of amidine groups is 1. The van der Waals surface area contributed by atoms with Crippen molar-refractivity contribution in [1.82, 2.24) is 10.2 Å². The van der Waals surface area contributed by atoms with Crippen LogP contribution in [0.4, 0.5) is 10.8 Å². The van der Waals surface area contributed by atoms with Crippen LogP contribution in [-0.4, -0.2) is 36.0 Å². The molecule has 0 saturated carbocycles. The lowest BCUT2D eigenvalue weighted by molar-refractivity contribution is -0.113. The minimum Gasteiger partial charge on any atom is -0.378 e. The maximum atomic E-state index is 12.9. The highest BCUT2D eigenvalue weighted by Crippen LogP contribution is 2.32. The van der Waals surface area contributed by atoms with Gasteiger partial charge < -0.3 is 4.90 Å². The Hall–Kier alpha value is -3.32. The van der Waals surface area contributed by atoms with Gasteiger partial charge in [0.25, 0.3) is 5.91 Å². The molecule has 0 spiro atoms. The summed E-state index contributed by atoms with van der Waals surface area (Å²) in [6, 6.07) is 17.8. The van der Waals surface area contributed by atoms with Crippen LogP contribution in [0, 0.1) is 0 Å². The second kappa shape index (κ2) is 7.36. The average Bonchev–Trinajstić information content (AvgIpc) is 3.28. The van der Waals surface area contributed by atoms with E-state index in [1.54, 1.807) is 13.0 Å². The molecule has 6 nitrogen and oxygen atoms in total. The first-order chi connectivity index (χ1) is 13.5. The van der Waals surface area contributed by atoms with Gasteiger partial charge in [0.15, 0.2) is 0 Å². The number of benzene rings is 2. The zero-order valence-electron chi connectivity index (χ0n) is 15.8. The summed E-state index contributed by atoms with van der Waals surface area (Å²) in [6.45, 7) is 1.80. The summed E-state index contributed by atoms with van der Waals surface area (Å²) >= 11 is 1.37. The average molecular weight is 389 g/mol. The monoisotopic (exact) mass is 389 g/mol. The highest BCUT2D eigenvalue weighted by Gasteiger charge is 2.31. The molecule has 3 aromatic rings. The number of carbonyl (C=O) groups is 1. The molecule has 0 radical (unpaired) electrons. The number of rotatable bonds is 4. The molecule has 140 valence electrons. The topological polar surface area (TPSA) is 61.7 Å². The Morgan fingerprint density at radius 1 is 1.00 bits per heavy atom. The molecule has 0 bridgehead atoms. The van der Waals surface area contributed by atoms with Crippen molar-refractivity contribution in [2.75, 3.05) is 23.9 Å². The van der Waals surface area contributed by atoms with Crippen molar-refractivity contribution < 1.29 is 4.79 Å². The molecule has 7 heteroatoms. The Morgan fingerprint density at radius 2 is 1.71 bits per heavy atom. The van der Waals surface area contributed by atoms with Crippen LogP contribution in [0.5, 0.6) is 0 Å². The minimum atomic E-state index is -0.190.